The molecule has 1 saturated carbocycles. The number of benzene rings is 2. The molecule has 0 spiro atoms. The molecule has 0 aromatic heterocycles. The summed E-state index contributed by atoms with van der Waals surface area (Å²) in [6.45, 7) is 0.351. The van der Waals surface area contributed by atoms with E-state index in [4.69, 9.17) is 4.74 Å². The first-order valence-corrected chi connectivity index (χ1v) is 10.4. The van der Waals surface area contributed by atoms with Crippen LogP contribution in [0.2, 0.25) is 0 Å². The van der Waals surface area contributed by atoms with Crippen molar-refractivity contribution >= 4 is 18.0 Å². The lowest BCUT2D eigenvalue weighted by Crippen LogP contribution is -2.36. The molecule has 2 aromatic carbocycles. The zero-order valence-corrected chi connectivity index (χ0v) is 17.6. The van der Waals surface area contributed by atoms with Crippen molar-refractivity contribution in [3.8, 4) is 11.8 Å². The summed E-state index contributed by atoms with van der Waals surface area (Å²) in [6.07, 6.45) is 6.98. The minimum atomic E-state index is -0.375. The lowest BCUT2D eigenvalue weighted by Gasteiger charge is -2.22. The first-order valence-electron chi connectivity index (χ1n) is 10.4. The molecule has 31 heavy (non-hydrogen) atoms. The van der Waals surface area contributed by atoms with E-state index in [1.165, 1.54) is 13.5 Å². The molecular formula is C25H26N2O4. The lowest BCUT2D eigenvalue weighted by atomic mass is 9.95. The van der Waals surface area contributed by atoms with Crippen molar-refractivity contribution in [2.45, 2.75) is 44.8 Å². The second-order valence-corrected chi connectivity index (χ2v) is 7.52. The summed E-state index contributed by atoms with van der Waals surface area (Å²) in [4.78, 5) is 23.9. The molecule has 2 aromatic rings. The number of amides is 1. The number of carbonyl (C=O) groups is 2. The van der Waals surface area contributed by atoms with Crippen LogP contribution in [0.5, 0.6) is 5.75 Å². The van der Waals surface area contributed by atoms with Crippen molar-refractivity contribution in [3.63, 3.8) is 0 Å². The molecule has 6 heteroatoms. The van der Waals surface area contributed by atoms with Crippen LogP contribution in [-0.2, 0) is 16.1 Å². The molecular weight excluding hydrogens is 392 g/mol. The smallest absolute Gasteiger partial charge is 0.337 e. The molecule has 0 atom stereocenters. The Hall–Kier alpha value is -3.59. The normalized spacial score (nSPS) is 14.4. The van der Waals surface area contributed by atoms with E-state index in [0.29, 0.717) is 17.9 Å². The Morgan fingerprint density at radius 1 is 1.06 bits per heavy atom. The second kappa shape index (κ2) is 11.0. The van der Waals surface area contributed by atoms with Crippen LogP contribution in [0.15, 0.2) is 54.1 Å². The highest BCUT2D eigenvalue weighted by Gasteiger charge is 2.18. The Morgan fingerprint density at radius 2 is 1.74 bits per heavy atom. The minimum absolute atomic E-state index is 0.102. The number of nitriles is 1. The molecule has 0 unspecified atom stereocenters. The van der Waals surface area contributed by atoms with Crippen molar-refractivity contribution in [3.05, 3.63) is 70.8 Å². The van der Waals surface area contributed by atoms with E-state index in [1.807, 2.05) is 18.2 Å². The van der Waals surface area contributed by atoms with Gasteiger partial charge in [0, 0.05) is 6.04 Å². The quantitative estimate of drug-likeness (QED) is 0.409. The molecule has 1 N–H and O–H groups in total. The maximum absolute atomic E-state index is 12.4. The van der Waals surface area contributed by atoms with Crippen LogP contribution in [0.4, 0.5) is 0 Å². The van der Waals surface area contributed by atoms with Crippen LogP contribution in [0.3, 0.4) is 0 Å². The van der Waals surface area contributed by atoms with Gasteiger partial charge >= 0.3 is 5.97 Å². The largest absolute Gasteiger partial charge is 0.489 e. The van der Waals surface area contributed by atoms with Gasteiger partial charge in [-0.05, 0) is 54.3 Å². The third-order valence-electron chi connectivity index (χ3n) is 5.28. The zero-order chi connectivity index (χ0) is 22.1. The van der Waals surface area contributed by atoms with Gasteiger partial charge in [0.1, 0.15) is 24.0 Å². The van der Waals surface area contributed by atoms with E-state index >= 15 is 0 Å². The second-order valence-electron chi connectivity index (χ2n) is 7.52. The molecule has 160 valence electrons. The van der Waals surface area contributed by atoms with Gasteiger partial charge < -0.3 is 14.8 Å². The lowest BCUT2D eigenvalue weighted by molar-refractivity contribution is -0.117. The fourth-order valence-corrected chi connectivity index (χ4v) is 3.51. The SMILES string of the molecule is COC(=O)c1ccc(COc2ccc(C=C(C#N)C(=O)NC3CCCCC3)cc2)cc1. The molecule has 1 amide bonds. The Kier molecular flexibility index (Phi) is 7.83. The third kappa shape index (κ3) is 6.45. The number of hydrogen-bond donors (Lipinski definition) is 1. The molecule has 1 fully saturated rings. The van der Waals surface area contributed by atoms with Crippen LogP contribution in [0.1, 0.15) is 53.6 Å². The fourth-order valence-electron chi connectivity index (χ4n) is 3.51. The number of nitrogens with one attached hydrogen (secondary N) is 1. The van der Waals surface area contributed by atoms with Gasteiger partial charge in [-0.15, -0.1) is 0 Å². The maximum Gasteiger partial charge on any atom is 0.337 e. The minimum Gasteiger partial charge on any atom is -0.489 e. The van der Waals surface area contributed by atoms with Crippen LogP contribution >= 0.6 is 0 Å². The van der Waals surface area contributed by atoms with Crippen molar-refractivity contribution in [1.82, 2.24) is 5.32 Å². The standard InChI is InChI=1S/C25H26N2O4/c1-30-25(29)20-11-7-19(8-12-20)17-31-23-13-9-18(10-14-23)15-21(16-26)24(28)27-22-5-3-2-4-6-22/h7-15,22H,2-6,17H2,1H3,(H,27,28). The number of methoxy groups -OCH3 is 1. The summed E-state index contributed by atoms with van der Waals surface area (Å²) >= 11 is 0. The van der Waals surface area contributed by atoms with Gasteiger partial charge in [0.2, 0.25) is 0 Å². The summed E-state index contributed by atoms with van der Waals surface area (Å²) in [5.41, 5.74) is 2.26. The van der Waals surface area contributed by atoms with Crippen LogP contribution in [0.25, 0.3) is 6.08 Å². The predicted octanol–water partition coefficient (Wildman–Crippen LogP) is 4.41. The third-order valence-corrected chi connectivity index (χ3v) is 5.28. The van der Waals surface area contributed by atoms with Crippen LogP contribution in [0, 0.1) is 11.3 Å². The van der Waals surface area contributed by atoms with Crippen molar-refractivity contribution in [1.29, 1.82) is 5.26 Å². The fraction of sp³-hybridized carbons (Fsp3) is 0.320. The van der Waals surface area contributed by atoms with Crippen LogP contribution < -0.4 is 10.1 Å². The molecule has 1 aliphatic rings. The monoisotopic (exact) mass is 418 g/mol. The summed E-state index contributed by atoms with van der Waals surface area (Å²) in [5, 5.41) is 12.4. The molecule has 0 radical (unpaired) electrons. The molecule has 0 heterocycles. The average molecular weight is 418 g/mol. The van der Waals surface area contributed by atoms with E-state index in [-0.39, 0.29) is 23.5 Å². The van der Waals surface area contributed by atoms with E-state index in [9.17, 15) is 14.9 Å². The average Bonchev–Trinajstić information content (AvgIpc) is 2.82. The first kappa shape index (κ1) is 22.1. The topological polar surface area (TPSA) is 88.4 Å². The molecule has 3 rings (SSSR count). The first-order chi connectivity index (χ1) is 15.1. The van der Waals surface area contributed by atoms with Crippen molar-refractivity contribution < 1.29 is 19.1 Å². The van der Waals surface area contributed by atoms with Gasteiger partial charge in [-0.25, -0.2) is 4.79 Å². The Morgan fingerprint density at radius 3 is 2.35 bits per heavy atom. The molecule has 0 aliphatic heterocycles. The van der Waals surface area contributed by atoms with E-state index < -0.39 is 0 Å². The summed E-state index contributed by atoms with van der Waals surface area (Å²) < 4.78 is 10.5. The Bertz CT molecular complexity index is 966. The molecule has 0 saturated heterocycles. The van der Waals surface area contributed by atoms with Gasteiger partial charge in [-0.1, -0.05) is 43.5 Å². The Balaban J connectivity index is 1.56. The van der Waals surface area contributed by atoms with Crippen molar-refractivity contribution in [2.75, 3.05) is 7.11 Å². The van der Waals surface area contributed by atoms with Crippen molar-refractivity contribution in [2.24, 2.45) is 0 Å². The molecule has 0 bridgehead atoms. The predicted molar refractivity (Wildman–Crippen MR) is 117 cm³/mol. The Labute approximate surface area is 182 Å². The van der Waals surface area contributed by atoms with E-state index in [2.05, 4.69) is 10.1 Å². The highest BCUT2D eigenvalue weighted by molar-refractivity contribution is 6.01. The van der Waals surface area contributed by atoms with Crippen LogP contribution in [-0.4, -0.2) is 25.0 Å². The van der Waals surface area contributed by atoms with Gasteiger partial charge in [0.15, 0.2) is 0 Å². The number of rotatable bonds is 7. The highest BCUT2D eigenvalue weighted by atomic mass is 16.5. The molecule has 1 aliphatic carbocycles. The summed E-state index contributed by atoms with van der Waals surface area (Å²) in [6, 6.07) is 16.4. The van der Waals surface area contributed by atoms with Gasteiger partial charge in [0.25, 0.3) is 5.91 Å². The van der Waals surface area contributed by atoms with Gasteiger partial charge in [-0.2, -0.15) is 5.26 Å². The number of esters is 1. The number of ether oxygens (including phenoxy) is 2. The summed E-state index contributed by atoms with van der Waals surface area (Å²) in [5.74, 6) is -0.0234. The number of hydrogen-bond acceptors (Lipinski definition) is 5. The van der Waals surface area contributed by atoms with Gasteiger partial charge in [-0.3, -0.25) is 4.79 Å². The maximum atomic E-state index is 12.4. The highest BCUT2D eigenvalue weighted by Crippen LogP contribution is 2.19. The van der Waals surface area contributed by atoms with Gasteiger partial charge in [0.05, 0.1) is 12.7 Å². The zero-order valence-electron chi connectivity index (χ0n) is 17.6. The van der Waals surface area contributed by atoms with E-state index in [1.54, 1.807) is 42.5 Å². The number of nitrogens with zero attached hydrogens (tertiary/aromatic N) is 1. The van der Waals surface area contributed by atoms with E-state index in [0.717, 1.165) is 36.8 Å². The molecule has 6 nitrogen and oxygen atoms in total. The number of carbonyl (C=O) groups excluding carboxylic acids is 2. The summed E-state index contributed by atoms with van der Waals surface area (Å²) in [7, 11) is 1.35.